The van der Waals surface area contributed by atoms with Crippen LogP contribution in [0.3, 0.4) is 0 Å². The molecular weight excluding hydrogens is 248 g/mol. The van der Waals surface area contributed by atoms with Crippen molar-refractivity contribution >= 4 is 0 Å². The van der Waals surface area contributed by atoms with Crippen molar-refractivity contribution in [1.29, 1.82) is 0 Å². The van der Waals surface area contributed by atoms with Crippen LogP contribution in [-0.4, -0.2) is 42.8 Å². The molecule has 1 fully saturated rings. The van der Waals surface area contributed by atoms with Gasteiger partial charge < -0.3 is 15.3 Å². The van der Waals surface area contributed by atoms with Gasteiger partial charge in [0.2, 0.25) is 0 Å². The van der Waals surface area contributed by atoms with E-state index >= 15 is 0 Å². The quantitative estimate of drug-likeness (QED) is 0.866. The van der Waals surface area contributed by atoms with Gasteiger partial charge >= 0.3 is 0 Å². The number of likely N-dealkylation sites (tertiary alicyclic amines) is 1. The van der Waals surface area contributed by atoms with Gasteiger partial charge in [0.15, 0.2) is 0 Å². The molecule has 2 rings (SSSR count). The largest absolute Gasteiger partial charge is 0.393 e. The van der Waals surface area contributed by atoms with Crippen molar-refractivity contribution in [2.45, 2.75) is 38.8 Å². The molecule has 2 N–H and O–H groups in total. The van der Waals surface area contributed by atoms with E-state index in [1.54, 1.807) is 0 Å². The zero-order valence-electron chi connectivity index (χ0n) is 13.0. The summed E-state index contributed by atoms with van der Waals surface area (Å²) in [6, 6.07) is 9.16. The highest BCUT2D eigenvalue weighted by Crippen LogP contribution is 2.21. The molecule has 0 amide bonds. The molecule has 3 heteroatoms. The van der Waals surface area contributed by atoms with Gasteiger partial charge in [-0.05, 0) is 44.8 Å². The van der Waals surface area contributed by atoms with E-state index in [0.29, 0.717) is 12.0 Å². The molecule has 112 valence electrons. The van der Waals surface area contributed by atoms with Crippen LogP contribution < -0.4 is 5.32 Å². The molecule has 0 bridgehead atoms. The number of nitrogens with zero attached hydrogens (tertiary/aromatic N) is 1. The molecule has 1 heterocycles. The van der Waals surface area contributed by atoms with Crippen LogP contribution in [0, 0.1) is 12.8 Å². The summed E-state index contributed by atoms with van der Waals surface area (Å²) in [5.74, 6) is 0.399. The number of hydrogen-bond acceptors (Lipinski definition) is 3. The molecule has 0 aromatic heterocycles. The predicted octanol–water partition coefficient (Wildman–Crippen LogP) is 2.35. The Labute approximate surface area is 123 Å². The zero-order chi connectivity index (χ0) is 14.5. The van der Waals surface area contributed by atoms with E-state index in [9.17, 15) is 5.11 Å². The van der Waals surface area contributed by atoms with Gasteiger partial charge in [0, 0.05) is 19.1 Å². The lowest BCUT2D eigenvalue weighted by molar-refractivity contribution is 0.0338. The Morgan fingerprint density at radius 1 is 1.45 bits per heavy atom. The summed E-state index contributed by atoms with van der Waals surface area (Å²) < 4.78 is 0. The monoisotopic (exact) mass is 276 g/mol. The molecule has 1 aromatic rings. The van der Waals surface area contributed by atoms with Gasteiger partial charge in [0.05, 0.1) is 6.10 Å². The third-order valence-corrected chi connectivity index (χ3v) is 4.47. The molecule has 0 saturated carbocycles. The van der Waals surface area contributed by atoms with Gasteiger partial charge in [-0.2, -0.15) is 0 Å². The van der Waals surface area contributed by atoms with E-state index in [-0.39, 0.29) is 6.10 Å². The number of piperidine rings is 1. The summed E-state index contributed by atoms with van der Waals surface area (Å²) >= 11 is 0. The lowest BCUT2D eigenvalue weighted by atomic mass is 9.96. The first-order chi connectivity index (χ1) is 9.60. The second-order valence-corrected chi connectivity index (χ2v) is 6.18. The minimum Gasteiger partial charge on any atom is -0.393 e. The normalized spacial score (nSPS) is 25.6. The van der Waals surface area contributed by atoms with Gasteiger partial charge in [-0.15, -0.1) is 0 Å². The Bertz CT molecular complexity index is 421. The molecule has 1 aliphatic heterocycles. The van der Waals surface area contributed by atoms with Crippen molar-refractivity contribution < 1.29 is 5.11 Å². The summed E-state index contributed by atoms with van der Waals surface area (Å²) in [4.78, 5) is 2.48. The number of nitrogens with one attached hydrogen (secondary N) is 1. The van der Waals surface area contributed by atoms with Crippen LogP contribution >= 0.6 is 0 Å². The predicted molar refractivity (Wildman–Crippen MR) is 83.8 cm³/mol. The minimum atomic E-state index is -0.108. The molecule has 3 atom stereocenters. The molecular formula is C17H28N2O. The SMILES string of the molecule is CNC(CCN1CCC(O)C(C)C1)c1cccc(C)c1. The van der Waals surface area contributed by atoms with Crippen LogP contribution in [0.1, 0.15) is 36.9 Å². The number of rotatable bonds is 5. The molecule has 1 aromatic carbocycles. The molecule has 3 unspecified atom stereocenters. The van der Waals surface area contributed by atoms with Gasteiger partial charge in [0.1, 0.15) is 0 Å². The van der Waals surface area contributed by atoms with Crippen molar-refractivity contribution in [3.63, 3.8) is 0 Å². The third kappa shape index (κ3) is 4.05. The van der Waals surface area contributed by atoms with Gasteiger partial charge in [-0.3, -0.25) is 0 Å². The van der Waals surface area contributed by atoms with Crippen LogP contribution in [0.4, 0.5) is 0 Å². The second kappa shape index (κ2) is 7.21. The highest BCUT2D eigenvalue weighted by atomic mass is 16.3. The van der Waals surface area contributed by atoms with Gasteiger partial charge in [-0.1, -0.05) is 36.8 Å². The lowest BCUT2D eigenvalue weighted by Gasteiger charge is -2.35. The Balaban J connectivity index is 1.88. The van der Waals surface area contributed by atoms with Gasteiger partial charge in [-0.25, -0.2) is 0 Å². The fourth-order valence-electron chi connectivity index (χ4n) is 3.10. The van der Waals surface area contributed by atoms with Crippen molar-refractivity contribution in [3.8, 4) is 0 Å². The van der Waals surface area contributed by atoms with E-state index in [2.05, 4.69) is 48.3 Å². The smallest absolute Gasteiger partial charge is 0.0590 e. The van der Waals surface area contributed by atoms with E-state index in [1.165, 1.54) is 11.1 Å². The fraction of sp³-hybridized carbons (Fsp3) is 0.647. The van der Waals surface area contributed by atoms with E-state index in [4.69, 9.17) is 0 Å². The van der Waals surface area contributed by atoms with E-state index in [0.717, 1.165) is 32.5 Å². The second-order valence-electron chi connectivity index (χ2n) is 6.18. The topological polar surface area (TPSA) is 35.5 Å². The van der Waals surface area contributed by atoms with E-state index < -0.39 is 0 Å². The molecule has 0 spiro atoms. The summed E-state index contributed by atoms with van der Waals surface area (Å²) in [7, 11) is 2.04. The summed E-state index contributed by atoms with van der Waals surface area (Å²) in [5, 5.41) is 13.2. The maximum Gasteiger partial charge on any atom is 0.0590 e. The lowest BCUT2D eigenvalue weighted by Crippen LogP contribution is -2.42. The van der Waals surface area contributed by atoms with Crippen LogP contribution in [0.25, 0.3) is 0 Å². The summed E-state index contributed by atoms with van der Waals surface area (Å²) in [6.07, 6.45) is 1.92. The summed E-state index contributed by atoms with van der Waals surface area (Å²) in [6.45, 7) is 7.43. The van der Waals surface area contributed by atoms with Crippen LogP contribution in [0.2, 0.25) is 0 Å². The van der Waals surface area contributed by atoms with Crippen molar-refractivity contribution in [2.24, 2.45) is 5.92 Å². The van der Waals surface area contributed by atoms with E-state index in [1.807, 2.05) is 7.05 Å². The number of benzene rings is 1. The van der Waals surface area contributed by atoms with Crippen molar-refractivity contribution in [3.05, 3.63) is 35.4 Å². The van der Waals surface area contributed by atoms with Crippen LogP contribution in [0.15, 0.2) is 24.3 Å². The van der Waals surface area contributed by atoms with Crippen molar-refractivity contribution in [2.75, 3.05) is 26.7 Å². The molecule has 3 nitrogen and oxygen atoms in total. The zero-order valence-corrected chi connectivity index (χ0v) is 13.0. The highest BCUT2D eigenvalue weighted by molar-refractivity contribution is 5.25. The molecule has 20 heavy (non-hydrogen) atoms. The number of hydrogen-bond donors (Lipinski definition) is 2. The number of aliphatic hydroxyl groups excluding tert-OH is 1. The van der Waals surface area contributed by atoms with Gasteiger partial charge in [0.25, 0.3) is 0 Å². The molecule has 1 aliphatic rings. The minimum absolute atomic E-state index is 0.108. The molecule has 0 radical (unpaired) electrons. The Morgan fingerprint density at radius 2 is 2.25 bits per heavy atom. The first-order valence-corrected chi connectivity index (χ1v) is 7.74. The number of aryl methyl sites for hydroxylation is 1. The average Bonchev–Trinajstić information content (AvgIpc) is 2.43. The first-order valence-electron chi connectivity index (χ1n) is 7.74. The highest BCUT2D eigenvalue weighted by Gasteiger charge is 2.24. The molecule has 1 saturated heterocycles. The maximum absolute atomic E-state index is 9.79. The Morgan fingerprint density at radius 3 is 2.90 bits per heavy atom. The maximum atomic E-state index is 9.79. The van der Waals surface area contributed by atoms with Crippen LogP contribution in [-0.2, 0) is 0 Å². The fourth-order valence-corrected chi connectivity index (χ4v) is 3.10. The molecule has 0 aliphatic carbocycles. The Hall–Kier alpha value is -0.900. The van der Waals surface area contributed by atoms with Crippen molar-refractivity contribution in [1.82, 2.24) is 10.2 Å². The summed E-state index contributed by atoms with van der Waals surface area (Å²) in [5.41, 5.74) is 2.69. The number of aliphatic hydroxyl groups is 1. The third-order valence-electron chi connectivity index (χ3n) is 4.47. The standard InChI is InChI=1S/C17H28N2O/c1-13-5-4-6-15(11-13)16(18-3)7-9-19-10-8-17(20)14(2)12-19/h4-6,11,14,16-18,20H,7-10,12H2,1-3H3. The average molecular weight is 276 g/mol. The first kappa shape index (κ1) is 15.5. The van der Waals surface area contributed by atoms with Crippen LogP contribution in [0.5, 0.6) is 0 Å². The Kier molecular flexibility index (Phi) is 5.58.